The van der Waals surface area contributed by atoms with Gasteiger partial charge >= 0.3 is 0 Å². The summed E-state index contributed by atoms with van der Waals surface area (Å²) in [6.45, 7) is 0. The highest BCUT2D eigenvalue weighted by atomic mass is 32.2. The maximum Gasteiger partial charge on any atom is 0.299 e. The molecular formula is C13H14F2N4O2S. The van der Waals surface area contributed by atoms with Gasteiger partial charge in [0.1, 0.15) is 11.5 Å². The van der Waals surface area contributed by atoms with Crippen molar-refractivity contribution in [2.45, 2.75) is 11.6 Å². The average Bonchev–Trinajstić information content (AvgIpc) is 2.95. The number of aromatic nitrogens is 3. The summed E-state index contributed by atoms with van der Waals surface area (Å²) in [5.74, 6) is 0.634. The number of thioether (sulfide) groups is 1. The van der Waals surface area contributed by atoms with Gasteiger partial charge in [-0.15, -0.1) is 10.2 Å². The van der Waals surface area contributed by atoms with Gasteiger partial charge in [-0.3, -0.25) is 0 Å². The van der Waals surface area contributed by atoms with E-state index in [0.29, 0.717) is 17.1 Å². The third-order valence-corrected chi connectivity index (χ3v) is 3.38. The highest BCUT2D eigenvalue weighted by Gasteiger charge is 2.19. The van der Waals surface area contributed by atoms with Crippen LogP contribution in [0.3, 0.4) is 0 Å². The standard InChI is InChI=1S/C13H14F2N4O2S/c1-20-9-4-5-10(21-2)8(6-9)7-16-19-12(11(14)15)17-18-13(19)22-3/h4-7,11H,1-3H3/b16-7+. The van der Waals surface area contributed by atoms with Gasteiger partial charge in [0.15, 0.2) is 0 Å². The lowest BCUT2D eigenvalue weighted by molar-refractivity contribution is 0.135. The van der Waals surface area contributed by atoms with Gasteiger partial charge in [0.05, 0.1) is 20.4 Å². The molecular weight excluding hydrogens is 314 g/mol. The second-order valence-corrected chi connectivity index (χ2v) is 4.78. The fraction of sp³-hybridized carbons (Fsp3) is 0.308. The third kappa shape index (κ3) is 3.35. The van der Waals surface area contributed by atoms with E-state index in [-0.39, 0.29) is 5.16 Å². The van der Waals surface area contributed by atoms with Crippen molar-refractivity contribution in [1.82, 2.24) is 14.9 Å². The van der Waals surface area contributed by atoms with E-state index >= 15 is 0 Å². The SMILES string of the molecule is COc1ccc(OC)c(/C=N/n2c(SC)nnc2C(F)F)c1. The lowest BCUT2D eigenvalue weighted by Gasteiger charge is -2.07. The zero-order valence-electron chi connectivity index (χ0n) is 12.2. The first kappa shape index (κ1) is 16.2. The molecule has 0 unspecified atom stereocenters. The van der Waals surface area contributed by atoms with Crippen LogP contribution in [0.5, 0.6) is 11.5 Å². The smallest absolute Gasteiger partial charge is 0.299 e. The number of halogens is 2. The molecule has 1 aromatic carbocycles. The summed E-state index contributed by atoms with van der Waals surface area (Å²) in [6.07, 6.45) is 0.339. The van der Waals surface area contributed by atoms with Crippen LogP contribution in [0.1, 0.15) is 17.8 Å². The fourth-order valence-corrected chi connectivity index (χ4v) is 2.14. The van der Waals surface area contributed by atoms with Crippen molar-refractivity contribution in [1.29, 1.82) is 0 Å². The first-order valence-corrected chi connectivity index (χ1v) is 7.37. The van der Waals surface area contributed by atoms with E-state index in [2.05, 4.69) is 15.3 Å². The van der Waals surface area contributed by atoms with Crippen LogP contribution in [-0.4, -0.2) is 41.6 Å². The van der Waals surface area contributed by atoms with Crippen molar-refractivity contribution in [3.63, 3.8) is 0 Å². The third-order valence-electron chi connectivity index (χ3n) is 2.76. The molecule has 6 nitrogen and oxygen atoms in total. The van der Waals surface area contributed by atoms with Gasteiger partial charge in [-0.1, -0.05) is 11.8 Å². The average molecular weight is 328 g/mol. The maximum absolute atomic E-state index is 12.9. The monoisotopic (exact) mass is 328 g/mol. The highest BCUT2D eigenvalue weighted by molar-refractivity contribution is 7.98. The van der Waals surface area contributed by atoms with E-state index in [1.54, 1.807) is 24.5 Å². The minimum absolute atomic E-state index is 0.272. The Labute approximate surface area is 130 Å². The lowest BCUT2D eigenvalue weighted by atomic mass is 10.2. The minimum atomic E-state index is -2.77. The molecule has 1 aromatic heterocycles. The van der Waals surface area contributed by atoms with Crippen LogP contribution in [0, 0.1) is 0 Å². The minimum Gasteiger partial charge on any atom is -0.497 e. The van der Waals surface area contributed by atoms with Crippen molar-refractivity contribution in [3.05, 3.63) is 29.6 Å². The number of hydrogen-bond donors (Lipinski definition) is 0. The summed E-state index contributed by atoms with van der Waals surface area (Å²) in [5.41, 5.74) is 0.586. The molecule has 22 heavy (non-hydrogen) atoms. The number of ether oxygens (including phenoxy) is 2. The number of methoxy groups -OCH3 is 2. The summed E-state index contributed by atoms with van der Waals surface area (Å²) in [6, 6.07) is 5.12. The first-order valence-electron chi connectivity index (χ1n) is 6.14. The number of benzene rings is 1. The van der Waals surface area contributed by atoms with Crippen LogP contribution in [0.4, 0.5) is 8.78 Å². The predicted molar refractivity (Wildman–Crippen MR) is 79.3 cm³/mol. The Morgan fingerprint density at radius 2 is 2.05 bits per heavy atom. The van der Waals surface area contributed by atoms with Gasteiger partial charge in [-0.25, -0.2) is 8.78 Å². The van der Waals surface area contributed by atoms with Gasteiger partial charge in [-0.2, -0.15) is 9.78 Å². The second-order valence-electron chi connectivity index (χ2n) is 4.01. The van der Waals surface area contributed by atoms with E-state index in [1.165, 1.54) is 32.2 Å². The Kier molecular flexibility index (Phi) is 5.31. The molecule has 9 heteroatoms. The lowest BCUT2D eigenvalue weighted by Crippen LogP contribution is -2.01. The molecule has 118 valence electrons. The van der Waals surface area contributed by atoms with Crippen molar-refractivity contribution < 1.29 is 18.3 Å². The van der Waals surface area contributed by atoms with E-state index in [4.69, 9.17) is 9.47 Å². The molecule has 0 aliphatic rings. The highest BCUT2D eigenvalue weighted by Crippen LogP contribution is 2.24. The summed E-state index contributed by atoms with van der Waals surface area (Å²) < 4.78 is 37.2. The second kappa shape index (κ2) is 7.21. The molecule has 0 atom stereocenters. The number of rotatable bonds is 6. The molecule has 0 saturated heterocycles. The molecule has 1 heterocycles. The van der Waals surface area contributed by atoms with Gasteiger partial charge in [0.25, 0.3) is 6.43 Å². The van der Waals surface area contributed by atoms with Crippen LogP contribution in [0.25, 0.3) is 0 Å². The number of nitrogens with zero attached hydrogens (tertiary/aromatic N) is 4. The molecule has 0 aliphatic carbocycles. The Hall–Kier alpha value is -2.16. The van der Waals surface area contributed by atoms with Gasteiger partial charge in [-0.05, 0) is 24.5 Å². The predicted octanol–water partition coefficient (Wildman–Crippen LogP) is 2.84. The summed E-state index contributed by atoms with van der Waals surface area (Å²) >= 11 is 1.17. The molecule has 2 rings (SSSR count). The van der Waals surface area contributed by atoms with Crippen LogP contribution in [0.15, 0.2) is 28.5 Å². The van der Waals surface area contributed by atoms with Gasteiger partial charge < -0.3 is 9.47 Å². The zero-order valence-corrected chi connectivity index (χ0v) is 13.0. The van der Waals surface area contributed by atoms with Crippen molar-refractivity contribution >= 4 is 18.0 Å². The fourth-order valence-electron chi connectivity index (χ4n) is 1.71. The molecule has 2 aromatic rings. The summed E-state index contributed by atoms with van der Waals surface area (Å²) in [5, 5.41) is 11.4. The van der Waals surface area contributed by atoms with E-state index in [0.717, 1.165) is 4.68 Å². The largest absolute Gasteiger partial charge is 0.497 e. The van der Waals surface area contributed by atoms with Crippen LogP contribution < -0.4 is 9.47 Å². The first-order chi connectivity index (χ1) is 10.6. The molecule has 0 saturated carbocycles. The van der Waals surface area contributed by atoms with Crippen LogP contribution in [-0.2, 0) is 0 Å². The number of alkyl halides is 2. The van der Waals surface area contributed by atoms with Crippen molar-refractivity contribution in [2.24, 2.45) is 5.10 Å². The Morgan fingerprint density at radius 1 is 1.27 bits per heavy atom. The Balaban J connectivity index is 2.42. The summed E-state index contributed by atoms with van der Waals surface area (Å²) in [7, 11) is 3.04. The maximum atomic E-state index is 12.9. The Morgan fingerprint density at radius 3 is 2.64 bits per heavy atom. The zero-order chi connectivity index (χ0) is 16.1. The molecule has 0 aliphatic heterocycles. The molecule has 0 bridgehead atoms. The van der Waals surface area contributed by atoms with Crippen molar-refractivity contribution in [3.8, 4) is 11.5 Å². The molecule has 0 spiro atoms. The van der Waals surface area contributed by atoms with Crippen LogP contribution in [0.2, 0.25) is 0 Å². The van der Waals surface area contributed by atoms with Crippen molar-refractivity contribution in [2.75, 3.05) is 20.5 Å². The molecule has 0 N–H and O–H groups in total. The molecule has 0 amide bonds. The number of hydrogen-bond acceptors (Lipinski definition) is 6. The van der Waals surface area contributed by atoms with Gasteiger partial charge in [0.2, 0.25) is 11.0 Å². The van der Waals surface area contributed by atoms with Crippen LogP contribution >= 0.6 is 11.8 Å². The summed E-state index contributed by atoms with van der Waals surface area (Å²) in [4.78, 5) is 0. The molecule has 0 fully saturated rings. The molecule has 0 radical (unpaired) electrons. The normalized spacial score (nSPS) is 11.4. The topological polar surface area (TPSA) is 61.5 Å². The quantitative estimate of drug-likeness (QED) is 0.603. The van der Waals surface area contributed by atoms with E-state index < -0.39 is 12.2 Å². The Bertz CT molecular complexity index is 676. The van der Waals surface area contributed by atoms with E-state index in [9.17, 15) is 8.78 Å². The van der Waals surface area contributed by atoms with E-state index in [1.807, 2.05) is 0 Å². The van der Waals surface area contributed by atoms with Gasteiger partial charge in [0, 0.05) is 5.56 Å².